The monoisotopic (exact) mass is 1300 g/mol. The van der Waals surface area contributed by atoms with Gasteiger partial charge in [0.05, 0.1) is 69.6 Å². The van der Waals surface area contributed by atoms with Crippen LogP contribution < -0.4 is 26.5 Å². The van der Waals surface area contributed by atoms with Crippen LogP contribution in [0.25, 0.3) is 0 Å². The summed E-state index contributed by atoms with van der Waals surface area (Å²) in [5.74, 6) is 0. The minimum absolute atomic E-state index is 0. The number of hydrogen-bond donors (Lipinski definition) is 2. The van der Waals surface area contributed by atoms with Crippen LogP contribution in [-0.2, 0) is 55.1 Å². The lowest BCUT2D eigenvalue weighted by Gasteiger charge is -2.18. The molecule has 2 N–H and O–H groups in total. The van der Waals surface area contributed by atoms with E-state index >= 15 is 0 Å². The number of ether oxygens (including phenoxy) is 3. The summed E-state index contributed by atoms with van der Waals surface area (Å²) in [6.07, 6.45) is 0.516. The number of hydrogen-bond acceptors (Lipinski definition) is 12. The molecule has 0 saturated heterocycles. The van der Waals surface area contributed by atoms with Crippen LogP contribution in [0.2, 0.25) is 0 Å². The van der Waals surface area contributed by atoms with Gasteiger partial charge in [-0.2, -0.15) is 0 Å². The van der Waals surface area contributed by atoms with Crippen LogP contribution in [0.5, 0.6) is 0 Å². The minimum Gasteiger partial charge on any atom is -0.380 e. The Kier molecular flexibility index (Phi) is 36.6. The fourth-order valence-electron chi connectivity index (χ4n) is 5.60. The van der Waals surface area contributed by atoms with Crippen molar-refractivity contribution in [2.75, 3.05) is 102 Å². The fourth-order valence-corrected chi connectivity index (χ4v) is 13.2. The van der Waals surface area contributed by atoms with Crippen LogP contribution in [0.3, 0.4) is 0 Å². The zero-order valence-corrected chi connectivity index (χ0v) is 48.2. The van der Waals surface area contributed by atoms with Crippen molar-refractivity contribution in [2.45, 2.75) is 7.43 Å². The van der Waals surface area contributed by atoms with Gasteiger partial charge in [-0.3, -0.25) is 22.8 Å². The van der Waals surface area contributed by atoms with E-state index in [1.807, 2.05) is 42.5 Å². The zero-order chi connectivity index (χ0) is 49.5. The molecule has 4 atom stereocenters. The lowest BCUT2D eigenvalue weighted by molar-refractivity contribution is 0.161. The second-order valence-electron chi connectivity index (χ2n) is 13.8. The van der Waals surface area contributed by atoms with Gasteiger partial charge in [0.2, 0.25) is 29.5 Å². The van der Waals surface area contributed by atoms with Gasteiger partial charge in [-0.1, -0.05) is 144 Å². The van der Waals surface area contributed by atoms with Gasteiger partial charge in [0.1, 0.15) is 0 Å². The predicted octanol–water partition coefficient (Wildman–Crippen LogP) is 10.4. The van der Waals surface area contributed by atoms with Crippen molar-refractivity contribution in [3.05, 3.63) is 152 Å². The standard InChI is InChI=1S/C18H24O5P2.C16H20O5P2.C8H11O3P.C4H8I2O.CH4.ClH/c1-21-24(19,17-9-5-3-6-10-17)15-13-23-14-16-25(20,22-2)18-11-7-4-8-12-18;17-22(18,15-7-3-1-4-8-15)13-11-21-12-14-23(19,20)16-9-5-2-6-10-16;1-10-12(9,11-2)8-6-4-3-5-7-8;5-1-3-7-4-2-6;;/h3-12H,13-16H2,1-2H3;1-10H,11-14H2,(H,17,18)(H,19,20);3-7H,1-2H3;1-4H2;1H4;1H. The topological polar surface area (TPSA) is 190 Å². The van der Waals surface area contributed by atoms with Crippen LogP contribution in [-0.4, -0.2) is 111 Å². The van der Waals surface area contributed by atoms with E-state index in [1.165, 1.54) is 28.4 Å². The SMILES string of the molecule is C.COP(=O)(CCOCCP(=O)(OC)c1ccccc1)c1ccccc1.COP(=O)(OC)c1ccccc1.Cl.ICCOCCI.O=P(O)(CCOCCP(=O)(O)c1ccccc1)c1ccccc1. The Hall–Kier alpha value is -1.36. The molecule has 0 fully saturated rings. The first-order chi connectivity index (χ1) is 32.1. The molecule has 0 aliphatic rings. The number of alkyl halides is 2. The van der Waals surface area contributed by atoms with Gasteiger partial charge in [-0.05, 0) is 60.7 Å². The van der Waals surface area contributed by atoms with Gasteiger partial charge in [-0.15, -0.1) is 12.4 Å². The molecule has 0 spiro atoms. The highest BCUT2D eigenvalue weighted by atomic mass is 127. The molecule has 0 amide bonds. The summed E-state index contributed by atoms with van der Waals surface area (Å²) in [6.45, 7) is 2.47. The first-order valence-corrected chi connectivity index (χ1v) is 32.8. The van der Waals surface area contributed by atoms with Crippen molar-refractivity contribution in [3.8, 4) is 0 Å². The van der Waals surface area contributed by atoms with Crippen molar-refractivity contribution in [2.24, 2.45) is 0 Å². The Morgan fingerprint density at radius 2 is 0.623 bits per heavy atom. The summed E-state index contributed by atoms with van der Waals surface area (Å²) in [4.78, 5) is 20.0. The van der Waals surface area contributed by atoms with E-state index in [-0.39, 0.29) is 70.9 Å². The van der Waals surface area contributed by atoms with Crippen molar-refractivity contribution >= 4 is 121 Å². The second-order valence-corrected chi connectivity index (χ2v) is 28.2. The maximum absolute atomic E-state index is 12.8. The second kappa shape index (κ2) is 37.4. The summed E-state index contributed by atoms with van der Waals surface area (Å²) < 4.78 is 100. The fraction of sp³-hybridized carbons (Fsp3) is 0.362. The number of halogens is 3. The third kappa shape index (κ3) is 25.4. The van der Waals surface area contributed by atoms with E-state index in [4.69, 9.17) is 32.3 Å². The predicted molar refractivity (Wildman–Crippen MR) is 305 cm³/mol. The summed E-state index contributed by atoms with van der Waals surface area (Å²) in [6, 6.07) is 43.9. The van der Waals surface area contributed by atoms with Crippen molar-refractivity contribution in [3.63, 3.8) is 0 Å². The zero-order valence-electron chi connectivity index (χ0n) is 38.6. The van der Waals surface area contributed by atoms with E-state index in [2.05, 4.69) is 45.2 Å². The van der Waals surface area contributed by atoms with Gasteiger partial charge < -0.3 is 42.1 Å². The van der Waals surface area contributed by atoms with Gasteiger partial charge in [0, 0.05) is 58.5 Å². The Balaban J connectivity index is 0.000000966. The smallest absolute Gasteiger partial charge is 0.360 e. The molecule has 0 saturated carbocycles. The van der Waals surface area contributed by atoms with Crippen LogP contribution in [0.1, 0.15) is 7.43 Å². The molecule has 0 bridgehead atoms. The molecule has 22 heteroatoms. The summed E-state index contributed by atoms with van der Waals surface area (Å²) in [5, 5.41) is 2.71. The molecule has 4 unspecified atom stereocenters. The van der Waals surface area contributed by atoms with Crippen molar-refractivity contribution in [1.29, 1.82) is 0 Å². The van der Waals surface area contributed by atoms with E-state index in [1.54, 1.807) is 109 Å². The molecule has 0 aliphatic carbocycles. The summed E-state index contributed by atoms with van der Waals surface area (Å²) >= 11 is 4.60. The van der Waals surface area contributed by atoms with Gasteiger partial charge in [0.15, 0.2) is 0 Å². The highest BCUT2D eigenvalue weighted by Crippen LogP contribution is 2.46. The quantitative estimate of drug-likeness (QED) is 0.0243. The normalized spacial score (nSPS) is 14.3. The number of benzene rings is 5. The van der Waals surface area contributed by atoms with Gasteiger partial charge in [0.25, 0.3) is 0 Å². The lowest BCUT2D eigenvalue weighted by Crippen LogP contribution is -2.16. The van der Waals surface area contributed by atoms with Crippen LogP contribution in [0.4, 0.5) is 0 Å². The van der Waals surface area contributed by atoms with Crippen LogP contribution in [0, 0.1) is 0 Å². The molecular weight excluding hydrogens is 1230 g/mol. The van der Waals surface area contributed by atoms with E-state index < -0.39 is 37.1 Å². The molecule has 0 heterocycles. The average Bonchev–Trinajstić information content (AvgIpc) is 3.37. The lowest BCUT2D eigenvalue weighted by atomic mass is 10.4. The maximum atomic E-state index is 12.8. The first kappa shape index (κ1) is 67.6. The average molecular weight is 1300 g/mol. The highest BCUT2D eigenvalue weighted by molar-refractivity contribution is 14.1. The van der Waals surface area contributed by atoms with E-state index in [0.717, 1.165) is 22.1 Å². The molecule has 5 aromatic rings. The number of rotatable bonds is 25. The van der Waals surface area contributed by atoms with Crippen LogP contribution >= 0.6 is 94.7 Å². The Morgan fingerprint density at radius 3 is 0.884 bits per heavy atom. The molecule has 0 aliphatic heterocycles. The minimum atomic E-state index is -3.44. The van der Waals surface area contributed by atoms with E-state index in [0.29, 0.717) is 26.5 Å². The Bertz CT molecular complexity index is 2170. The molecule has 69 heavy (non-hydrogen) atoms. The molecule has 0 aromatic heterocycles. The maximum Gasteiger partial charge on any atom is 0.360 e. The first-order valence-electron chi connectivity index (χ1n) is 20.9. The summed E-state index contributed by atoms with van der Waals surface area (Å²) in [7, 11) is -10.1. The molecule has 386 valence electrons. The van der Waals surface area contributed by atoms with Crippen LogP contribution in [0.15, 0.2) is 152 Å². The largest absolute Gasteiger partial charge is 0.380 e. The third-order valence-electron chi connectivity index (χ3n) is 9.34. The molecule has 14 nitrogen and oxygen atoms in total. The van der Waals surface area contributed by atoms with Crippen molar-refractivity contribution in [1.82, 2.24) is 0 Å². The van der Waals surface area contributed by atoms with Gasteiger partial charge >= 0.3 is 7.60 Å². The molecule has 0 radical (unpaired) electrons. The highest BCUT2D eigenvalue weighted by Gasteiger charge is 2.27. The molecule has 5 rings (SSSR count). The van der Waals surface area contributed by atoms with Gasteiger partial charge in [-0.25, -0.2) is 0 Å². The Labute approximate surface area is 443 Å². The third-order valence-corrected chi connectivity index (χ3v) is 20.8. The van der Waals surface area contributed by atoms with Crippen molar-refractivity contribution < 1.29 is 64.9 Å². The van der Waals surface area contributed by atoms with E-state index in [9.17, 15) is 32.6 Å². The Morgan fingerprint density at radius 1 is 0.377 bits per heavy atom. The molecular formula is C47H68ClI2O14P5. The summed E-state index contributed by atoms with van der Waals surface area (Å²) in [5.41, 5.74) is 0. The molecule has 5 aromatic carbocycles.